The van der Waals surface area contributed by atoms with E-state index >= 15 is 0 Å². The maximum absolute atomic E-state index is 12.8. The molecule has 1 unspecified atom stereocenters. The molecule has 6 nitrogen and oxygen atoms in total. The highest BCUT2D eigenvalue weighted by Gasteiger charge is 2.19. The van der Waals surface area contributed by atoms with Gasteiger partial charge < -0.3 is 14.2 Å². The van der Waals surface area contributed by atoms with Crippen molar-refractivity contribution in [3.8, 4) is 0 Å². The largest absolute Gasteiger partial charge is 0.462 e. The maximum Gasteiger partial charge on any atom is 0.306 e. The van der Waals surface area contributed by atoms with Crippen LogP contribution in [0.3, 0.4) is 0 Å². The van der Waals surface area contributed by atoms with Gasteiger partial charge in [0.05, 0.1) is 0 Å². The predicted octanol–water partition coefficient (Wildman–Crippen LogP) is 20.4. The summed E-state index contributed by atoms with van der Waals surface area (Å²) >= 11 is 0. The van der Waals surface area contributed by atoms with Crippen LogP contribution < -0.4 is 0 Å². The SMILES string of the molecule is CC/C=C\C/C=C\C/C=C\C/C=C\C/C=C\CCCCCCCCCCCCCCCC(=O)OCC(COC(=O)CCCCCCC)OC(=O)CCCCCCC/C=C\C/C=C\C/C=C\C/C=C\C/C=C\CC. The fraction of sp³-hybridized carbons (Fsp3) is 0.657. The van der Waals surface area contributed by atoms with Crippen molar-refractivity contribution in [3.63, 3.8) is 0 Å². The van der Waals surface area contributed by atoms with Gasteiger partial charge in [0.1, 0.15) is 13.2 Å². The summed E-state index contributed by atoms with van der Waals surface area (Å²) in [5.41, 5.74) is 0. The first kappa shape index (κ1) is 68.8. The number of allylic oxidation sites excluding steroid dienone is 20. The van der Waals surface area contributed by atoms with E-state index < -0.39 is 6.10 Å². The van der Waals surface area contributed by atoms with E-state index in [1.807, 2.05) is 0 Å². The summed E-state index contributed by atoms with van der Waals surface area (Å²) < 4.78 is 16.7. The van der Waals surface area contributed by atoms with Crippen molar-refractivity contribution in [3.05, 3.63) is 122 Å². The van der Waals surface area contributed by atoms with Gasteiger partial charge in [-0.2, -0.15) is 0 Å². The molecule has 0 heterocycles. The van der Waals surface area contributed by atoms with Crippen LogP contribution in [0, 0.1) is 0 Å². The highest BCUT2D eigenvalue weighted by molar-refractivity contribution is 5.71. The third-order valence-corrected chi connectivity index (χ3v) is 12.5. The Morgan fingerprint density at radius 2 is 0.534 bits per heavy atom. The fourth-order valence-electron chi connectivity index (χ4n) is 8.03. The summed E-state index contributed by atoms with van der Waals surface area (Å²) in [5.74, 6) is -0.922. The van der Waals surface area contributed by atoms with Crippen molar-refractivity contribution in [1.29, 1.82) is 0 Å². The number of rotatable bonds is 53. The van der Waals surface area contributed by atoms with Gasteiger partial charge in [-0.3, -0.25) is 14.4 Å². The van der Waals surface area contributed by atoms with Crippen LogP contribution in [0.25, 0.3) is 0 Å². The second-order valence-electron chi connectivity index (χ2n) is 19.5. The van der Waals surface area contributed by atoms with Gasteiger partial charge in [0.2, 0.25) is 0 Å². The van der Waals surface area contributed by atoms with Gasteiger partial charge in [0.15, 0.2) is 6.10 Å². The first-order valence-corrected chi connectivity index (χ1v) is 30.0. The van der Waals surface area contributed by atoms with E-state index in [1.165, 1.54) is 77.0 Å². The van der Waals surface area contributed by atoms with E-state index in [2.05, 4.69) is 142 Å². The summed E-state index contributed by atoms with van der Waals surface area (Å²) in [6.45, 7) is 6.31. The van der Waals surface area contributed by atoms with Gasteiger partial charge >= 0.3 is 17.9 Å². The third kappa shape index (κ3) is 58.6. The minimum atomic E-state index is -0.788. The van der Waals surface area contributed by atoms with Gasteiger partial charge in [-0.05, 0) is 109 Å². The molecule has 0 N–H and O–H groups in total. The Hall–Kier alpha value is -4.19. The average molecular weight is 1010 g/mol. The molecule has 0 radical (unpaired) electrons. The molecule has 0 rings (SSSR count). The van der Waals surface area contributed by atoms with E-state index in [0.717, 1.165) is 148 Å². The molecule has 0 aromatic carbocycles. The lowest BCUT2D eigenvalue weighted by Gasteiger charge is -2.18. The van der Waals surface area contributed by atoms with E-state index in [9.17, 15) is 14.4 Å². The number of carbonyl (C=O) groups excluding carboxylic acids is 3. The van der Waals surface area contributed by atoms with E-state index in [1.54, 1.807) is 0 Å². The summed E-state index contributed by atoms with van der Waals surface area (Å²) in [7, 11) is 0. The van der Waals surface area contributed by atoms with Gasteiger partial charge in [0.25, 0.3) is 0 Å². The molecule has 0 aromatic heterocycles. The molecule has 0 saturated carbocycles. The Labute approximate surface area is 450 Å². The molecule has 0 saturated heterocycles. The molecule has 0 fully saturated rings. The molecule has 6 heteroatoms. The first-order valence-electron chi connectivity index (χ1n) is 30.0. The number of carbonyl (C=O) groups is 3. The quantitative estimate of drug-likeness (QED) is 0.0261. The Morgan fingerprint density at radius 3 is 0.836 bits per heavy atom. The van der Waals surface area contributed by atoms with Crippen LogP contribution in [0.4, 0.5) is 0 Å². The Morgan fingerprint density at radius 1 is 0.288 bits per heavy atom. The van der Waals surface area contributed by atoms with Crippen molar-refractivity contribution >= 4 is 17.9 Å². The Kier molecular flexibility index (Phi) is 56.9. The zero-order chi connectivity index (χ0) is 52.9. The van der Waals surface area contributed by atoms with Gasteiger partial charge in [-0.15, -0.1) is 0 Å². The second-order valence-corrected chi connectivity index (χ2v) is 19.5. The Bertz CT molecular complexity index is 1540. The molecule has 73 heavy (non-hydrogen) atoms. The summed E-state index contributed by atoms with van der Waals surface area (Å²) in [6.07, 6.45) is 83.9. The van der Waals surface area contributed by atoms with Crippen LogP contribution >= 0.6 is 0 Å². The van der Waals surface area contributed by atoms with Crippen molar-refractivity contribution in [2.24, 2.45) is 0 Å². The van der Waals surface area contributed by atoms with E-state index in [4.69, 9.17) is 14.2 Å². The molecule has 0 spiro atoms. The maximum atomic E-state index is 12.8. The van der Waals surface area contributed by atoms with Crippen molar-refractivity contribution in [2.45, 2.75) is 271 Å². The van der Waals surface area contributed by atoms with Gasteiger partial charge in [-0.1, -0.05) is 258 Å². The third-order valence-electron chi connectivity index (χ3n) is 12.5. The van der Waals surface area contributed by atoms with Crippen LogP contribution in [0.2, 0.25) is 0 Å². The summed E-state index contributed by atoms with van der Waals surface area (Å²) in [4.78, 5) is 37.9. The van der Waals surface area contributed by atoms with Crippen molar-refractivity contribution in [2.75, 3.05) is 13.2 Å². The molecule has 0 bridgehead atoms. The summed E-state index contributed by atoms with van der Waals surface area (Å²) in [5, 5.41) is 0. The highest BCUT2D eigenvalue weighted by Crippen LogP contribution is 2.15. The molecular weight excluding hydrogens is 901 g/mol. The topological polar surface area (TPSA) is 78.9 Å². The second kappa shape index (κ2) is 60.4. The lowest BCUT2D eigenvalue weighted by atomic mass is 10.0. The fourth-order valence-corrected chi connectivity index (χ4v) is 8.03. The number of hydrogen-bond donors (Lipinski definition) is 0. The minimum Gasteiger partial charge on any atom is -0.462 e. The number of unbranched alkanes of at least 4 members (excludes halogenated alkanes) is 22. The number of esters is 3. The monoisotopic (exact) mass is 1010 g/mol. The first-order chi connectivity index (χ1) is 36.0. The zero-order valence-corrected chi connectivity index (χ0v) is 47.4. The molecular formula is C67H110O6. The molecule has 0 aliphatic rings. The van der Waals surface area contributed by atoms with Crippen LogP contribution in [0.5, 0.6) is 0 Å². The van der Waals surface area contributed by atoms with Gasteiger partial charge in [-0.25, -0.2) is 0 Å². The molecule has 0 amide bonds. The van der Waals surface area contributed by atoms with Crippen molar-refractivity contribution < 1.29 is 28.6 Å². The summed E-state index contributed by atoms with van der Waals surface area (Å²) in [6, 6.07) is 0. The average Bonchev–Trinajstić information content (AvgIpc) is 3.39. The smallest absolute Gasteiger partial charge is 0.306 e. The number of hydrogen-bond acceptors (Lipinski definition) is 6. The molecule has 414 valence electrons. The van der Waals surface area contributed by atoms with Crippen LogP contribution in [0.1, 0.15) is 265 Å². The standard InChI is InChI=1S/C67H110O6/c1-4-7-10-13-15-17-19-21-23-25-27-29-30-31-32-33-34-35-36-38-39-41-43-45-47-49-51-54-57-60-66(69)72-63-64(62-71-65(68)59-56-53-12-9-6-3)73-67(70)61-58-55-52-50-48-46-44-42-40-37-28-26-24-22-20-18-16-14-11-8-5-2/h7-8,10-11,15-18,21-24,27-29,31-32,37,42,44,64H,4-6,9,12-14,19-20,25-26,30,33-36,38-41,43,45-63H2,1-3H3/b10-7-,11-8-,17-15-,18-16-,23-21-,24-22-,29-27-,32-31-,37-28-,44-42-. The van der Waals surface area contributed by atoms with Gasteiger partial charge in [0, 0.05) is 19.3 Å². The van der Waals surface area contributed by atoms with Crippen LogP contribution in [0.15, 0.2) is 122 Å². The van der Waals surface area contributed by atoms with E-state index in [-0.39, 0.29) is 31.1 Å². The zero-order valence-electron chi connectivity index (χ0n) is 47.4. The Balaban J connectivity index is 4.10. The van der Waals surface area contributed by atoms with Crippen LogP contribution in [-0.4, -0.2) is 37.2 Å². The lowest BCUT2D eigenvalue weighted by molar-refractivity contribution is -0.167. The molecule has 0 aromatic rings. The van der Waals surface area contributed by atoms with Crippen LogP contribution in [-0.2, 0) is 28.6 Å². The van der Waals surface area contributed by atoms with E-state index in [0.29, 0.717) is 19.3 Å². The number of ether oxygens (including phenoxy) is 3. The highest BCUT2D eigenvalue weighted by atomic mass is 16.6. The lowest BCUT2D eigenvalue weighted by Crippen LogP contribution is -2.30. The molecule has 1 atom stereocenters. The molecule has 0 aliphatic heterocycles. The van der Waals surface area contributed by atoms with Crippen molar-refractivity contribution in [1.82, 2.24) is 0 Å². The molecule has 0 aliphatic carbocycles. The normalized spacial score (nSPS) is 13.0. The predicted molar refractivity (Wildman–Crippen MR) is 316 cm³/mol. The minimum absolute atomic E-state index is 0.0880.